The second-order valence-corrected chi connectivity index (χ2v) is 6.68. The van der Waals surface area contributed by atoms with Crippen molar-refractivity contribution in [1.29, 1.82) is 0 Å². The molecular formula is C12H12N2O4S2. The molecule has 0 aliphatic carbocycles. The first-order valence-corrected chi connectivity index (χ1v) is 8.33. The molecule has 0 spiro atoms. The highest BCUT2D eigenvalue weighted by atomic mass is 32.2. The van der Waals surface area contributed by atoms with Crippen LogP contribution in [-0.2, 0) is 10.0 Å². The second-order valence-electron chi connectivity index (χ2n) is 4.10. The highest BCUT2D eigenvalue weighted by Gasteiger charge is 2.19. The van der Waals surface area contributed by atoms with Gasteiger partial charge in [0.2, 0.25) is 0 Å². The molecule has 0 saturated heterocycles. The molecule has 0 bridgehead atoms. The van der Waals surface area contributed by atoms with Gasteiger partial charge < -0.3 is 9.47 Å². The third kappa shape index (κ3) is 2.70. The molecule has 1 aromatic heterocycles. The van der Waals surface area contributed by atoms with Gasteiger partial charge in [0.1, 0.15) is 0 Å². The first-order chi connectivity index (χ1) is 9.65. The van der Waals surface area contributed by atoms with Crippen LogP contribution in [0.2, 0.25) is 0 Å². The minimum atomic E-state index is -3.67. The van der Waals surface area contributed by atoms with Crippen LogP contribution in [0.15, 0.2) is 34.7 Å². The topological polar surface area (TPSA) is 77.5 Å². The fourth-order valence-corrected chi connectivity index (χ4v) is 3.56. The smallest absolute Gasteiger partial charge is 0.263 e. The van der Waals surface area contributed by atoms with Crippen molar-refractivity contribution in [3.8, 4) is 11.5 Å². The quantitative estimate of drug-likeness (QED) is 0.939. The summed E-state index contributed by atoms with van der Waals surface area (Å²) in [4.78, 5) is 4.02. The van der Waals surface area contributed by atoms with E-state index in [1.165, 1.54) is 29.7 Å². The van der Waals surface area contributed by atoms with Crippen molar-refractivity contribution in [2.24, 2.45) is 0 Å². The number of aromatic nitrogens is 1. The number of rotatable bonds is 3. The van der Waals surface area contributed by atoms with Gasteiger partial charge in [-0.15, -0.1) is 11.3 Å². The molecule has 1 aromatic carbocycles. The largest absolute Gasteiger partial charge is 0.490 e. The Morgan fingerprint density at radius 2 is 2.00 bits per heavy atom. The Kier molecular flexibility index (Phi) is 3.49. The zero-order chi connectivity index (χ0) is 14.0. The highest BCUT2D eigenvalue weighted by molar-refractivity contribution is 7.93. The van der Waals surface area contributed by atoms with Gasteiger partial charge in [-0.25, -0.2) is 13.4 Å². The minimum Gasteiger partial charge on any atom is -0.490 e. The number of thiazole rings is 1. The van der Waals surface area contributed by atoms with Crippen molar-refractivity contribution in [3.05, 3.63) is 29.8 Å². The van der Waals surface area contributed by atoms with Gasteiger partial charge >= 0.3 is 0 Å². The Bertz CT molecular complexity index is 698. The van der Waals surface area contributed by atoms with E-state index < -0.39 is 10.0 Å². The van der Waals surface area contributed by atoms with E-state index in [2.05, 4.69) is 9.71 Å². The molecule has 1 N–H and O–H groups in total. The Balaban J connectivity index is 1.92. The van der Waals surface area contributed by atoms with Gasteiger partial charge in [0.25, 0.3) is 10.0 Å². The summed E-state index contributed by atoms with van der Waals surface area (Å²) in [6, 6.07) is 4.57. The summed E-state index contributed by atoms with van der Waals surface area (Å²) in [6.45, 7) is 1.08. The molecule has 2 heterocycles. The molecule has 2 aromatic rings. The van der Waals surface area contributed by atoms with Crippen LogP contribution < -0.4 is 14.2 Å². The summed E-state index contributed by atoms with van der Waals surface area (Å²) in [7, 11) is -3.67. The van der Waals surface area contributed by atoms with Crippen LogP contribution in [0.1, 0.15) is 6.42 Å². The van der Waals surface area contributed by atoms with E-state index in [1.807, 2.05) is 0 Å². The van der Waals surface area contributed by atoms with Crippen LogP contribution >= 0.6 is 11.3 Å². The van der Waals surface area contributed by atoms with E-state index in [0.717, 1.165) is 6.42 Å². The Morgan fingerprint density at radius 3 is 2.75 bits per heavy atom. The van der Waals surface area contributed by atoms with E-state index in [9.17, 15) is 8.42 Å². The van der Waals surface area contributed by atoms with Gasteiger partial charge in [0.15, 0.2) is 16.6 Å². The molecule has 106 valence electrons. The number of fused-ring (bicyclic) bond motifs is 1. The Hall–Kier alpha value is -1.80. The number of sulfonamides is 1. The lowest BCUT2D eigenvalue weighted by atomic mass is 10.3. The standard InChI is InChI=1S/C12H12N2O4S2/c15-20(16,14-12-13-4-7-19-12)9-2-3-10-11(8-9)18-6-1-5-17-10/h2-4,7-8H,1,5-6H2,(H,13,14). The van der Waals surface area contributed by atoms with Gasteiger partial charge in [0.05, 0.1) is 18.1 Å². The SMILES string of the molecule is O=S(=O)(Nc1nccs1)c1ccc2c(c1)OCCCO2. The van der Waals surface area contributed by atoms with Crippen molar-refractivity contribution in [2.75, 3.05) is 17.9 Å². The second kappa shape index (κ2) is 5.29. The summed E-state index contributed by atoms with van der Waals surface area (Å²) in [6.07, 6.45) is 2.31. The Labute approximate surface area is 120 Å². The Morgan fingerprint density at radius 1 is 1.20 bits per heavy atom. The van der Waals surface area contributed by atoms with Crippen LogP contribution in [0.3, 0.4) is 0 Å². The molecular weight excluding hydrogens is 300 g/mol. The number of hydrogen-bond donors (Lipinski definition) is 1. The van der Waals surface area contributed by atoms with Crippen molar-refractivity contribution >= 4 is 26.5 Å². The van der Waals surface area contributed by atoms with E-state index in [1.54, 1.807) is 11.4 Å². The minimum absolute atomic E-state index is 0.122. The van der Waals surface area contributed by atoms with Crippen molar-refractivity contribution in [1.82, 2.24) is 4.98 Å². The molecule has 3 rings (SSSR count). The van der Waals surface area contributed by atoms with Crippen molar-refractivity contribution < 1.29 is 17.9 Å². The fourth-order valence-electron chi connectivity index (χ4n) is 1.76. The predicted octanol–water partition coefficient (Wildman–Crippen LogP) is 2.11. The van der Waals surface area contributed by atoms with Gasteiger partial charge in [-0.1, -0.05) is 0 Å². The van der Waals surface area contributed by atoms with Gasteiger partial charge in [-0.05, 0) is 12.1 Å². The maximum Gasteiger partial charge on any atom is 0.263 e. The highest BCUT2D eigenvalue weighted by Crippen LogP contribution is 2.32. The summed E-state index contributed by atoms with van der Waals surface area (Å²) >= 11 is 1.22. The third-order valence-electron chi connectivity index (χ3n) is 2.68. The number of hydrogen-bond acceptors (Lipinski definition) is 6. The first-order valence-electron chi connectivity index (χ1n) is 5.97. The molecule has 0 saturated carbocycles. The van der Waals surface area contributed by atoms with Gasteiger partial charge in [0, 0.05) is 24.1 Å². The molecule has 0 radical (unpaired) electrons. The summed E-state index contributed by atoms with van der Waals surface area (Å²) in [5, 5.41) is 2.03. The van der Waals surface area contributed by atoms with Crippen LogP contribution in [0.5, 0.6) is 11.5 Å². The van der Waals surface area contributed by atoms with E-state index in [0.29, 0.717) is 29.8 Å². The number of ether oxygens (including phenoxy) is 2. The fraction of sp³-hybridized carbons (Fsp3) is 0.250. The van der Waals surface area contributed by atoms with Crippen LogP contribution in [-0.4, -0.2) is 26.6 Å². The van der Waals surface area contributed by atoms with Crippen molar-refractivity contribution in [2.45, 2.75) is 11.3 Å². The van der Waals surface area contributed by atoms with Gasteiger partial charge in [-0.2, -0.15) is 0 Å². The monoisotopic (exact) mass is 312 g/mol. The molecule has 0 unspecified atom stereocenters. The predicted molar refractivity (Wildman–Crippen MR) is 75.0 cm³/mol. The molecule has 0 fully saturated rings. The number of benzene rings is 1. The lowest BCUT2D eigenvalue weighted by Gasteiger charge is -2.10. The lowest BCUT2D eigenvalue weighted by Crippen LogP contribution is -2.12. The normalized spacial score (nSPS) is 14.6. The summed E-state index contributed by atoms with van der Waals surface area (Å²) in [5.41, 5.74) is 0. The van der Waals surface area contributed by atoms with Crippen LogP contribution in [0.4, 0.5) is 5.13 Å². The first kappa shape index (κ1) is 13.2. The molecule has 0 atom stereocenters. The molecule has 8 heteroatoms. The van der Waals surface area contributed by atoms with Gasteiger partial charge in [-0.3, -0.25) is 4.72 Å². The molecule has 1 aliphatic rings. The molecule has 1 aliphatic heterocycles. The van der Waals surface area contributed by atoms with E-state index in [4.69, 9.17) is 9.47 Å². The summed E-state index contributed by atoms with van der Waals surface area (Å²) < 4.78 is 37.8. The summed E-state index contributed by atoms with van der Waals surface area (Å²) in [5.74, 6) is 1.01. The lowest BCUT2D eigenvalue weighted by molar-refractivity contribution is 0.297. The zero-order valence-electron chi connectivity index (χ0n) is 10.4. The number of nitrogens with one attached hydrogen (secondary N) is 1. The van der Waals surface area contributed by atoms with E-state index in [-0.39, 0.29) is 4.90 Å². The van der Waals surface area contributed by atoms with Crippen LogP contribution in [0.25, 0.3) is 0 Å². The van der Waals surface area contributed by atoms with Crippen LogP contribution in [0, 0.1) is 0 Å². The average molecular weight is 312 g/mol. The maximum atomic E-state index is 12.2. The maximum absolute atomic E-state index is 12.2. The zero-order valence-corrected chi connectivity index (χ0v) is 12.0. The van der Waals surface area contributed by atoms with E-state index >= 15 is 0 Å². The van der Waals surface area contributed by atoms with Crippen molar-refractivity contribution in [3.63, 3.8) is 0 Å². The number of nitrogens with zero attached hydrogens (tertiary/aromatic N) is 1. The molecule has 6 nitrogen and oxygen atoms in total. The molecule has 20 heavy (non-hydrogen) atoms. The average Bonchev–Trinajstić information content (AvgIpc) is 2.80. The third-order valence-corrected chi connectivity index (χ3v) is 4.84. The number of anilines is 1. The molecule has 0 amide bonds.